The molecule has 24 heavy (non-hydrogen) atoms. The number of amides is 1. The van der Waals surface area contributed by atoms with Gasteiger partial charge in [0, 0.05) is 35.8 Å². The van der Waals surface area contributed by atoms with E-state index in [0.717, 1.165) is 27.7 Å². The zero-order chi connectivity index (χ0) is 16.9. The highest BCUT2D eigenvalue weighted by Crippen LogP contribution is 2.20. The number of thiazole rings is 1. The molecule has 1 amide bonds. The molecule has 1 atom stereocenters. The van der Waals surface area contributed by atoms with Gasteiger partial charge in [-0.25, -0.2) is 15.0 Å². The van der Waals surface area contributed by atoms with Crippen LogP contribution in [0.25, 0.3) is 0 Å². The van der Waals surface area contributed by atoms with Crippen molar-refractivity contribution < 1.29 is 9.53 Å². The zero-order valence-electron chi connectivity index (χ0n) is 14.1. The van der Waals surface area contributed by atoms with Crippen molar-refractivity contribution in [1.29, 1.82) is 0 Å². The minimum Gasteiger partial charge on any atom is -0.379 e. The van der Waals surface area contributed by atoms with Gasteiger partial charge in [-0.05, 0) is 26.3 Å². The van der Waals surface area contributed by atoms with Gasteiger partial charge in [0.25, 0.3) is 0 Å². The first-order valence-electron chi connectivity index (χ1n) is 8.15. The van der Waals surface area contributed by atoms with Crippen molar-refractivity contribution in [2.45, 2.75) is 26.7 Å². The molecule has 0 aromatic carbocycles. The second-order valence-electron chi connectivity index (χ2n) is 6.10. The third kappa shape index (κ3) is 4.36. The average Bonchev–Trinajstić information content (AvgIpc) is 2.76. The van der Waals surface area contributed by atoms with E-state index >= 15 is 0 Å². The molecule has 0 spiro atoms. The Morgan fingerprint density at radius 3 is 3.04 bits per heavy atom. The van der Waals surface area contributed by atoms with E-state index in [9.17, 15) is 4.79 Å². The number of aromatic nitrogens is 3. The van der Waals surface area contributed by atoms with Gasteiger partial charge in [-0.2, -0.15) is 0 Å². The van der Waals surface area contributed by atoms with Crippen LogP contribution in [0.2, 0.25) is 0 Å². The highest BCUT2D eigenvalue weighted by atomic mass is 32.1. The van der Waals surface area contributed by atoms with Crippen LogP contribution in [0.5, 0.6) is 0 Å². The lowest BCUT2D eigenvalue weighted by Crippen LogP contribution is -2.37. The van der Waals surface area contributed by atoms with Crippen LogP contribution in [0.1, 0.15) is 21.3 Å². The summed E-state index contributed by atoms with van der Waals surface area (Å²) in [5, 5.41) is 1.01. The van der Waals surface area contributed by atoms with Crippen LogP contribution < -0.4 is 0 Å². The molecule has 0 radical (unpaired) electrons. The second kappa shape index (κ2) is 7.81. The molecule has 128 valence electrons. The molecule has 6 nitrogen and oxygen atoms in total. The monoisotopic (exact) mass is 346 g/mol. The summed E-state index contributed by atoms with van der Waals surface area (Å²) in [7, 11) is 0. The van der Waals surface area contributed by atoms with E-state index in [-0.39, 0.29) is 11.8 Å². The molecule has 3 heterocycles. The maximum atomic E-state index is 12.7. The smallest absolute Gasteiger partial charge is 0.227 e. The van der Waals surface area contributed by atoms with Crippen molar-refractivity contribution in [2.24, 2.45) is 5.92 Å². The largest absolute Gasteiger partial charge is 0.379 e. The van der Waals surface area contributed by atoms with Crippen LogP contribution in [0.3, 0.4) is 0 Å². The van der Waals surface area contributed by atoms with E-state index in [2.05, 4.69) is 15.0 Å². The summed E-state index contributed by atoms with van der Waals surface area (Å²) >= 11 is 1.61. The van der Waals surface area contributed by atoms with E-state index in [1.165, 1.54) is 0 Å². The van der Waals surface area contributed by atoms with E-state index in [4.69, 9.17) is 4.74 Å². The SMILES string of the molecule is Cc1nc(C)c(CC(=O)N2CCOC[C@@H](Cc3ccncn3)C2)s1. The molecule has 2 aromatic heterocycles. The predicted octanol–water partition coefficient (Wildman–Crippen LogP) is 1.81. The number of carbonyl (C=O) groups excluding carboxylic acids is 1. The Morgan fingerprint density at radius 2 is 2.33 bits per heavy atom. The van der Waals surface area contributed by atoms with Crippen molar-refractivity contribution >= 4 is 17.2 Å². The standard InChI is InChI=1S/C17H22N4O2S/c1-12-16(24-13(2)20-12)8-17(22)21-5-6-23-10-14(9-21)7-15-3-4-18-11-19-15/h3-4,11,14H,5-10H2,1-2H3/t14-/m0/s1. The van der Waals surface area contributed by atoms with Crippen molar-refractivity contribution in [3.8, 4) is 0 Å². The normalized spacial score (nSPS) is 18.4. The Bertz CT molecular complexity index is 689. The van der Waals surface area contributed by atoms with Crippen LogP contribution in [0.4, 0.5) is 0 Å². The molecule has 3 rings (SSSR count). The summed E-state index contributed by atoms with van der Waals surface area (Å²) in [6.45, 7) is 6.55. The number of hydrogen-bond acceptors (Lipinski definition) is 6. The molecule has 1 fully saturated rings. The molecule has 0 saturated carbocycles. The maximum Gasteiger partial charge on any atom is 0.227 e. The van der Waals surface area contributed by atoms with Gasteiger partial charge in [0.05, 0.1) is 30.3 Å². The molecule has 0 bridgehead atoms. The minimum absolute atomic E-state index is 0.153. The molecule has 7 heteroatoms. The van der Waals surface area contributed by atoms with Gasteiger partial charge < -0.3 is 9.64 Å². The van der Waals surface area contributed by atoms with Crippen LogP contribution in [-0.2, 0) is 22.4 Å². The fourth-order valence-corrected chi connectivity index (χ4v) is 3.88. The first-order chi connectivity index (χ1) is 11.6. The number of aryl methyl sites for hydroxylation is 2. The van der Waals surface area contributed by atoms with Crippen molar-refractivity contribution in [2.75, 3.05) is 26.3 Å². The van der Waals surface area contributed by atoms with Crippen molar-refractivity contribution in [3.63, 3.8) is 0 Å². The predicted molar refractivity (Wildman–Crippen MR) is 91.9 cm³/mol. The molecule has 1 aliphatic heterocycles. The second-order valence-corrected chi connectivity index (χ2v) is 7.39. The summed E-state index contributed by atoms with van der Waals surface area (Å²) in [5.41, 5.74) is 1.95. The molecule has 0 N–H and O–H groups in total. The summed E-state index contributed by atoms with van der Waals surface area (Å²) in [5.74, 6) is 0.413. The number of hydrogen-bond donors (Lipinski definition) is 0. The van der Waals surface area contributed by atoms with E-state index in [1.54, 1.807) is 23.9 Å². The van der Waals surface area contributed by atoms with E-state index in [1.807, 2.05) is 24.8 Å². The van der Waals surface area contributed by atoms with Crippen LogP contribution in [0.15, 0.2) is 18.6 Å². The number of ether oxygens (including phenoxy) is 1. The zero-order valence-corrected chi connectivity index (χ0v) is 14.9. The molecular weight excluding hydrogens is 324 g/mol. The topological polar surface area (TPSA) is 68.2 Å². The van der Waals surface area contributed by atoms with Crippen LogP contribution in [-0.4, -0.2) is 52.1 Å². The van der Waals surface area contributed by atoms with E-state index in [0.29, 0.717) is 32.7 Å². The highest BCUT2D eigenvalue weighted by Gasteiger charge is 2.24. The van der Waals surface area contributed by atoms with Crippen molar-refractivity contribution in [3.05, 3.63) is 39.9 Å². The van der Waals surface area contributed by atoms with Gasteiger partial charge in [-0.15, -0.1) is 11.3 Å². The van der Waals surface area contributed by atoms with Gasteiger partial charge in [0.15, 0.2) is 0 Å². The summed E-state index contributed by atoms with van der Waals surface area (Å²) in [6, 6.07) is 1.92. The summed E-state index contributed by atoms with van der Waals surface area (Å²) in [6.07, 6.45) is 4.53. The van der Waals surface area contributed by atoms with Crippen LogP contribution in [0, 0.1) is 19.8 Å². The van der Waals surface area contributed by atoms with Gasteiger partial charge in [0.1, 0.15) is 6.33 Å². The molecule has 2 aromatic rings. The van der Waals surface area contributed by atoms with Gasteiger partial charge in [-0.3, -0.25) is 4.79 Å². The van der Waals surface area contributed by atoms with Gasteiger partial charge in [-0.1, -0.05) is 0 Å². The third-order valence-electron chi connectivity index (χ3n) is 4.14. The Kier molecular flexibility index (Phi) is 5.52. The third-order valence-corrected chi connectivity index (χ3v) is 5.22. The summed E-state index contributed by atoms with van der Waals surface area (Å²) < 4.78 is 5.69. The fraction of sp³-hybridized carbons (Fsp3) is 0.529. The highest BCUT2D eigenvalue weighted by molar-refractivity contribution is 7.11. The first-order valence-corrected chi connectivity index (χ1v) is 8.97. The lowest BCUT2D eigenvalue weighted by Gasteiger charge is -2.23. The lowest BCUT2D eigenvalue weighted by atomic mass is 10.0. The number of rotatable bonds is 4. The molecular formula is C17H22N4O2S. The average molecular weight is 346 g/mol. The molecule has 0 aliphatic carbocycles. The van der Waals surface area contributed by atoms with E-state index < -0.39 is 0 Å². The number of nitrogens with zero attached hydrogens (tertiary/aromatic N) is 4. The first kappa shape index (κ1) is 17.0. The Balaban J connectivity index is 1.63. The van der Waals surface area contributed by atoms with Crippen LogP contribution >= 0.6 is 11.3 Å². The Morgan fingerprint density at radius 1 is 1.46 bits per heavy atom. The number of carbonyl (C=O) groups is 1. The fourth-order valence-electron chi connectivity index (χ4n) is 2.95. The summed E-state index contributed by atoms with van der Waals surface area (Å²) in [4.78, 5) is 28.3. The molecule has 1 aliphatic rings. The maximum absolute atomic E-state index is 12.7. The minimum atomic E-state index is 0.153. The molecule has 0 unspecified atom stereocenters. The quantitative estimate of drug-likeness (QED) is 0.844. The molecule has 1 saturated heterocycles. The Hall–Kier alpha value is -1.86. The van der Waals surface area contributed by atoms with Gasteiger partial charge >= 0.3 is 0 Å². The Labute approximate surface area is 145 Å². The van der Waals surface area contributed by atoms with Gasteiger partial charge in [0.2, 0.25) is 5.91 Å². The lowest BCUT2D eigenvalue weighted by molar-refractivity contribution is -0.130. The van der Waals surface area contributed by atoms with Crippen molar-refractivity contribution in [1.82, 2.24) is 19.9 Å².